The molecule has 336 valence electrons. The fourth-order valence-corrected chi connectivity index (χ4v) is 10.6. The molecule has 8 aromatic rings. The van der Waals surface area contributed by atoms with E-state index in [0.717, 1.165) is 66.8 Å². The van der Waals surface area contributed by atoms with Crippen LogP contribution in [0.4, 0.5) is 0 Å². The van der Waals surface area contributed by atoms with Crippen LogP contribution in [0.2, 0.25) is 0 Å². The minimum absolute atomic E-state index is 0.185. The lowest BCUT2D eigenvalue weighted by Gasteiger charge is -2.36. The Bertz CT molecular complexity index is 2680. The third kappa shape index (κ3) is 6.72. The zero-order valence-corrected chi connectivity index (χ0v) is 38.1. The lowest BCUT2D eigenvalue weighted by Crippen LogP contribution is -2.25. The van der Waals surface area contributed by atoms with Gasteiger partial charge in [0.2, 0.25) is 0 Å². The van der Waals surface area contributed by atoms with Gasteiger partial charge in [0.1, 0.15) is 46.0 Å². The smallest absolute Gasteiger partial charge is 0.267 e. The molecule has 0 saturated heterocycles. The quantitative estimate of drug-likeness (QED) is 0.173. The van der Waals surface area contributed by atoms with Gasteiger partial charge >= 0.3 is 0 Å². The van der Waals surface area contributed by atoms with Gasteiger partial charge in [-0.05, 0) is 24.3 Å². The Morgan fingerprint density at radius 2 is 0.382 bits per heavy atom. The van der Waals surface area contributed by atoms with Crippen molar-refractivity contribution in [2.24, 2.45) is 0 Å². The summed E-state index contributed by atoms with van der Waals surface area (Å²) in [7, 11) is 0. The SMILES string of the molecule is CC1c2cc3c4cc2OC(c2ccccc2)Oc2cc5c(cc21)C(C)c1cc2c(cc1OC(c1ccccc1)O5)OC(c1ccccc1)Oc1cc(c(cc1C2C)C3C)OC(c1ccccc1)O4. The van der Waals surface area contributed by atoms with Gasteiger partial charge in [0.15, 0.2) is 0 Å². The lowest BCUT2D eigenvalue weighted by atomic mass is 9.80. The molecular weight excluding hydrogens is 849 g/mol. The van der Waals surface area contributed by atoms with E-state index in [1.54, 1.807) is 0 Å². The van der Waals surface area contributed by atoms with E-state index in [1.165, 1.54) is 0 Å². The molecule has 8 bridgehead atoms. The standard InChI is InChI=1S/C60H48O8/c1-33-41-25-43-34(2)45-27-47-36(4)48-28-46-35(3)44-26-42(33)50-30-52(44)64-59(39-21-13-7-14-22-39)66-54(46)32-56(48)68-60(40-23-15-8-16-24-40)67-55(47)31-53(45)65-58(38-19-11-6-12-20-38)63-51(43)29-49(41)61-57(62-50)37-17-9-5-10-18-37/h5-36,57-60H,1-4H3. The molecule has 8 aromatic carbocycles. The summed E-state index contributed by atoms with van der Waals surface area (Å²) in [5.74, 6) is 4.59. The summed E-state index contributed by atoms with van der Waals surface area (Å²) in [6.07, 6.45) is -3.23. The molecule has 0 unspecified atom stereocenters. The predicted molar refractivity (Wildman–Crippen MR) is 258 cm³/mol. The molecular formula is C60H48O8. The van der Waals surface area contributed by atoms with Crippen LogP contribution in [0.3, 0.4) is 0 Å². The summed E-state index contributed by atoms with van der Waals surface area (Å²) < 4.78 is 56.6. The summed E-state index contributed by atoms with van der Waals surface area (Å²) in [4.78, 5) is 0. The maximum Gasteiger partial charge on any atom is 0.267 e. The first kappa shape index (κ1) is 40.4. The Hall–Kier alpha value is -7.84. The fourth-order valence-electron chi connectivity index (χ4n) is 10.6. The van der Waals surface area contributed by atoms with Gasteiger partial charge in [0, 0.05) is 115 Å². The molecule has 0 radical (unpaired) electrons. The third-order valence-corrected chi connectivity index (χ3v) is 14.5. The number of ether oxygens (including phenoxy) is 8. The molecule has 13 rings (SSSR count). The van der Waals surface area contributed by atoms with Crippen LogP contribution in [0.5, 0.6) is 46.0 Å². The minimum atomic E-state index is -0.808. The molecule has 0 amide bonds. The maximum absolute atomic E-state index is 7.08. The zero-order valence-electron chi connectivity index (χ0n) is 38.1. The van der Waals surface area contributed by atoms with Crippen molar-refractivity contribution >= 4 is 0 Å². The molecule has 1 aliphatic carbocycles. The number of hydrogen-bond donors (Lipinski definition) is 0. The number of hydrogen-bond acceptors (Lipinski definition) is 8. The van der Waals surface area contributed by atoms with E-state index in [9.17, 15) is 0 Å². The predicted octanol–water partition coefficient (Wildman–Crippen LogP) is 14.5. The Morgan fingerprint density at radius 3 is 0.544 bits per heavy atom. The summed E-state index contributed by atoms with van der Waals surface area (Å²) in [5, 5.41) is 0. The van der Waals surface area contributed by atoms with Gasteiger partial charge in [-0.25, -0.2) is 0 Å². The van der Waals surface area contributed by atoms with E-state index < -0.39 is 25.2 Å². The molecule has 0 saturated carbocycles. The Labute approximate surface area is 395 Å². The topological polar surface area (TPSA) is 73.8 Å². The highest BCUT2D eigenvalue weighted by Crippen LogP contribution is 2.55. The van der Waals surface area contributed by atoms with E-state index >= 15 is 0 Å². The minimum Gasteiger partial charge on any atom is -0.450 e. The van der Waals surface area contributed by atoms with Crippen molar-refractivity contribution in [2.45, 2.75) is 76.5 Å². The van der Waals surface area contributed by atoms with Crippen LogP contribution in [0.25, 0.3) is 0 Å². The molecule has 4 heterocycles. The number of benzene rings is 8. The van der Waals surface area contributed by atoms with Crippen molar-refractivity contribution in [2.75, 3.05) is 0 Å². The van der Waals surface area contributed by atoms with Gasteiger partial charge in [-0.15, -0.1) is 0 Å². The fraction of sp³-hybridized carbons (Fsp3) is 0.200. The molecule has 0 spiro atoms. The van der Waals surface area contributed by atoms with Crippen molar-refractivity contribution in [3.05, 3.63) is 237 Å². The summed E-state index contributed by atoms with van der Waals surface area (Å²) in [6.45, 7) is 8.91. The monoisotopic (exact) mass is 896 g/mol. The maximum atomic E-state index is 7.08. The van der Waals surface area contributed by atoms with E-state index in [4.69, 9.17) is 37.9 Å². The van der Waals surface area contributed by atoms with Crippen LogP contribution < -0.4 is 37.9 Å². The van der Waals surface area contributed by atoms with E-state index in [0.29, 0.717) is 46.0 Å². The van der Waals surface area contributed by atoms with Gasteiger partial charge in [-0.3, -0.25) is 0 Å². The molecule has 8 heteroatoms. The van der Waals surface area contributed by atoms with Gasteiger partial charge < -0.3 is 37.9 Å². The summed E-state index contributed by atoms with van der Waals surface area (Å²) in [6, 6.07) is 57.5. The Balaban J connectivity index is 1.13. The third-order valence-electron chi connectivity index (χ3n) is 14.5. The molecule has 0 N–H and O–H groups in total. The first-order valence-electron chi connectivity index (χ1n) is 23.6. The van der Waals surface area contributed by atoms with Crippen LogP contribution >= 0.6 is 0 Å². The Kier molecular flexibility index (Phi) is 9.46. The molecule has 0 fully saturated rings. The normalized spacial score (nSPS) is 23.4. The van der Waals surface area contributed by atoms with Gasteiger partial charge in [-0.2, -0.15) is 0 Å². The highest BCUT2D eigenvalue weighted by molar-refractivity contribution is 5.64. The highest BCUT2D eigenvalue weighted by atomic mass is 16.7. The molecule has 68 heavy (non-hydrogen) atoms. The molecule has 5 aliphatic rings. The van der Waals surface area contributed by atoms with Crippen molar-refractivity contribution in [3.8, 4) is 46.0 Å². The first-order valence-corrected chi connectivity index (χ1v) is 23.6. The lowest BCUT2D eigenvalue weighted by molar-refractivity contribution is -0.0116. The van der Waals surface area contributed by atoms with Gasteiger partial charge in [0.05, 0.1) is 0 Å². The van der Waals surface area contributed by atoms with E-state index in [1.807, 2.05) is 146 Å². The van der Waals surface area contributed by atoms with Crippen molar-refractivity contribution < 1.29 is 37.9 Å². The largest absolute Gasteiger partial charge is 0.450 e. The van der Waals surface area contributed by atoms with Crippen LogP contribution in [0.15, 0.2) is 170 Å². The molecule has 8 nitrogen and oxygen atoms in total. The molecule has 0 aromatic heterocycles. The van der Waals surface area contributed by atoms with Gasteiger partial charge in [-0.1, -0.05) is 149 Å². The second kappa shape index (κ2) is 15.9. The van der Waals surface area contributed by atoms with Gasteiger partial charge in [0.25, 0.3) is 25.2 Å². The second-order valence-electron chi connectivity index (χ2n) is 18.5. The second-order valence-corrected chi connectivity index (χ2v) is 18.5. The van der Waals surface area contributed by atoms with Crippen LogP contribution in [-0.2, 0) is 0 Å². The van der Waals surface area contributed by atoms with E-state index in [-0.39, 0.29) is 23.7 Å². The summed E-state index contributed by atoms with van der Waals surface area (Å²) in [5.41, 5.74) is 11.6. The van der Waals surface area contributed by atoms with Crippen molar-refractivity contribution in [1.29, 1.82) is 0 Å². The van der Waals surface area contributed by atoms with Crippen LogP contribution in [-0.4, -0.2) is 0 Å². The average Bonchev–Trinajstić information content (AvgIpc) is 3.36. The number of rotatable bonds is 4. The molecule has 0 atom stereocenters. The average molecular weight is 897 g/mol. The molecule has 4 aliphatic heterocycles. The van der Waals surface area contributed by atoms with Crippen molar-refractivity contribution in [3.63, 3.8) is 0 Å². The highest BCUT2D eigenvalue weighted by Gasteiger charge is 2.38. The first-order chi connectivity index (χ1) is 33.3. The van der Waals surface area contributed by atoms with E-state index in [2.05, 4.69) is 52.0 Å². The Morgan fingerprint density at radius 1 is 0.221 bits per heavy atom. The van der Waals surface area contributed by atoms with Crippen LogP contribution in [0.1, 0.15) is 143 Å². The van der Waals surface area contributed by atoms with Crippen LogP contribution in [0, 0.1) is 0 Å². The summed E-state index contributed by atoms with van der Waals surface area (Å²) >= 11 is 0. The zero-order chi connectivity index (χ0) is 45.6. The van der Waals surface area contributed by atoms with Crippen molar-refractivity contribution in [1.82, 2.24) is 0 Å².